The van der Waals surface area contributed by atoms with E-state index < -0.39 is 13.9 Å². The average molecular weight is 360 g/mol. The van der Waals surface area contributed by atoms with Gasteiger partial charge in [-0.3, -0.25) is 4.57 Å². The fraction of sp³-hybridized carbons (Fsp3) is 0.533. The van der Waals surface area contributed by atoms with E-state index in [2.05, 4.69) is 9.84 Å². The van der Waals surface area contributed by atoms with Crippen molar-refractivity contribution < 1.29 is 32.5 Å². The van der Waals surface area contributed by atoms with E-state index >= 15 is 0 Å². The molecule has 0 aliphatic carbocycles. The molecule has 24 heavy (non-hydrogen) atoms. The van der Waals surface area contributed by atoms with Crippen molar-refractivity contribution in [3.8, 4) is 0 Å². The van der Waals surface area contributed by atoms with Crippen molar-refractivity contribution >= 4 is 13.9 Å². The molecule has 8 nitrogen and oxygen atoms in total. The summed E-state index contributed by atoms with van der Waals surface area (Å²) < 4.78 is 26.5. The lowest BCUT2D eigenvalue weighted by atomic mass is 10.2. The Labute approximate surface area is 142 Å². The summed E-state index contributed by atoms with van der Waals surface area (Å²) in [5.41, 5.74) is 0.860. The minimum Gasteiger partial charge on any atom is -0.756 e. The Bertz CT molecular complexity index is 547. The molecule has 0 spiro atoms. The van der Waals surface area contributed by atoms with Crippen LogP contribution in [0.2, 0.25) is 0 Å². The molecule has 0 fully saturated rings. The Balaban J connectivity index is 2.13. The average Bonchev–Trinajstić information content (AvgIpc) is 2.49. The fourth-order valence-electron chi connectivity index (χ4n) is 1.55. The lowest BCUT2D eigenvalue weighted by Gasteiger charge is -2.27. The third kappa shape index (κ3) is 10.4. The van der Waals surface area contributed by atoms with Crippen LogP contribution in [0.1, 0.15) is 5.56 Å². The summed E-state index contributed by atoms with van der Waals surface area (Å²) in [6.07, 6.45) is -0.644. The second kappa shape index (κ2) is 9.76. The molecule has 0 saturated carbocycles. The molecule has 1 unspecified atom stereocenters. The van der Waals surface area contributed by atoms with Crippen LogP contribution in [-0.2, 0) is 25.0 Å². The van der Waals surface area contributed by atoms with Gasteiger partial charge in [-0.25, -0.2) is 4.79 Å². The molecule has 0 aromatic heterocycles. The number of hydrogen-bond donors (Lipinski definition) is 1. The fourth-order valence-corrected chi connectivity index (χ4v) is 2.24. The highest BCUT2D eigenvalue weighted by atomic mass is 31.2. The van der Waals surface area contributed by atoms with Crippen molar-refractivity contribution in [2.45, 2.75) is 6.61 Å². The van der Waals surface area contributed by atoms with Gasteiger partial charge >= 0.3 is 6.09 Å². The molecule has 0 heterocycles. The van der Waals surface area contributed by atoms with E-state index in [1.165, 1.54) is 0 Å². The second-order valence-electron chi connectivity index (χ2n) is 6.12. The highest BCUT2D eigenvalue weighted by molar-refractivity contribution is 7.45. The van der Waals surface area contributed by atoms with Crippen LogP contribution in [0.3, 0.4) is 0 Å². The molecule has 0 aliphatic rings. The number of likely N-dealkylation sites (N-methyl/N-ethyl adjacent to an activating group) is 1. The molecule has 1 aromatic carbocycles. The Morgan fingerprint density at radius 3 is 2.42 bits per heavy atom. The van der Waals surface area contributed by atoms with E-state index in [1.807, 2.05) is 51.5 Å². The van der Waals surface area contributed by atoms with Gasteiger partial charge in [-0.2, -0.15) is 0 Å². The van der Waals surface area contributed by atoms with Crippen molar-refractivity contribution in [3.63, 3.8) is 0 Å². The number of quaternary nitrogens is 1. The molecule has 0 aliphatic heterocycles. The van der Waals surface area contributed by atoms with Crippen LogP contribution in [0, 0.1) is 0 Å². The maximum atomic E-state index is 11.5. The van der Waals surface area contributed by atoms with Crippen LogP contribution in [0.25, 0.3) is 0 Å². The van der Waals surface area contributed by atoms with Gasteiger partial charge in [0.2, 0.25) is 0 Å². The number of ether oxygens (including phenoxy) is 1. The van der Waals surface area contributed by atoms with Crippen molar-refractivity contribution in [1.29, 1.82) is 0 Å². The zero-order chi connectivity index (χ0) is 18.1. The first-order valence-electron chi connectivity index (χ1n) is 7.53. The van der Waals surface area contributed by atoms with Gasteiger partial charge in [-0.05, 0) is 5.56 Å². The maximum Gasteiger partial charge on any atom is 0.407 e. The number of amides is 1. The van der Waals surface area contributed by atoms with Crippen LogP contribution in [0.5, 0.6) is 0 Å². The van der Waals surface area contributed by atoms with Crippen LogP contribution in [-0.4, -0.2) is 58.0 Å². The predicted molar refractivity (Wildman–Crippen MR) is 87.0 cm³/mol. The standard InChI is InChI=1S/C15H25N2O6P/c1-17(2,3)10-12-23-24(19,20)22-11-9-16-15(18)21-13-14-7-5-4-6-8-14/h4-8H,9-13H2,1-3H3,(H-,16,18,19,20). The smallest absolute Gasteiger partial charge is 0.407 e. The molecule has 0 bridgehead atoms. The number of hydrogen-bond acceptors (Lipinski definition) is 6. The first-order chi connectivity index (χ1) is 11.2. The summed E-state index contributed by atoms with van der Waals surface area (Å²) in [6.45, 7) is 0.488. The number of phosphoric ester groups is 1. The minimum atomic E-state index is -4.35. The number of alkyl carbamates (subject to hydrolysis) is 1. The molecule has 9 heteroatoms. The molecule has 1 aromatic rings. The first kappa shape index (κ1) is 20.6. The third-order valence-corrected chi connectivity index (χ3v) is 3.84. The quantitative estimate of drug-likeness (QED) is 0.382. The summed E-state index contributed by atoms with van der Waals surface area (Å²) in [5.74, 6) is 0. The molecule has 1 N–H and O–H groups in total. The zero-order valence-corrected chi connectivity index (χ0v) is 15.2. The highest BCUT2D eigenvalue weighted by Crippen LogP contribution is 2.37. The van der Waals surface area contributed by atoms with Crippen molar-refractivity contribution in [3.05, 3.63) is 35.9 Å². The van der Waals surface area contributed by atoms with E-state index in [1.54, 1.807) is 0 Å². The number of benzene rings is 1. The number of rotatable bonds is 10. The molecule has 0 radical (unpaired) electrons. The van der Waals surface area contributed by atoms with Crippen LogP contribution >= 0.6 is 7.82 Å². The Morgan fingerprint density at radius 2 is 1.79 bits per heavy atom. The number of nitrogens with zero attached hydrogens (tertiary/aromatic N) is 1. The van der Waals surface area contributed by atoms with E-state index in [9.17, 15) is 14.3 Å². The van der Waals surface area contributed by atoms with Crippen LogP contribution in [0.4, 0.5) is 4.79 Å². The van der Waals surface area contributed by atoms with Crippen molar-refractivity contribution in [2.75, 3.05) is 47.4 Å². The molecule has 1 atom stereocenters. The SMILES string of the molecule is C[N+](C)(C)CCOP(=O)([O-])OCCNC(=O)OCc1ccccc1. The molecule has 1 amide bonds. The normalized spacial score (nSPS) is 14.0. The zero-order valence-electron chi connectivity index (χ0n) is 14.3. The van der Waals surface area contributed by atoms with E-state index in [0.717, 1.165) is 5.56 Å². The minimum absolute atomic E-state index is 0.00144. The van der Waals surface area contributed by atoms with E-state index in [-0.39, 0.29) is 26.4 Å². The maximum absolute atomic E-state index is 11.5. The van der Waals surface area contributed by atoms with Gasteiger partial charge in [-0.15, -0.1) is 0 Å². The van der Waals surface area contributed by atoms with Crippen molar-refractivity contribution in [2.24, 2.45) is 0 Å². The van der Waals surface area contributed by atoms with Gasteiger partial charge in [-0.1, -0.05) is 30.3 Å². The summed E-state index contributed by atoms with van der Waals surface area (Å²) in [6, 6.07) is 9.21. The summed E-state index contributed by atoms with van der Waals surface area (Å²) >= 11 is 0. The lowest BCUT2D eigenvalue weighted by molar-refractivity contribution is -0.870. The lowest BCUT2D eigenvalue weighted by Crippen LogP contribution is -2.37. The van der Waals surface area contributed by atoms with Crippen LogP contribution < -0.4 is 10.2 Å². The van der Waals surface area contributed by atoms with Crippen LogP contribution in [0.15, 0.2) is 30.3 Å². The number of phosphoric acid groups is 1. The Morgan fingerprint density at radius 1 is 1.17 bits per heavy atom. The molecule has 1 rings (SSSR count). The first-order valence-corrected chi connectivity index (χ1v) is 8.99. The summed E-state index contributed by atoms with van der Waals surface area (Å²) in [7, 11) is 1.41. The molecular weight excluding hydrogens is 335 g/mol. The predicted octanol–water partition coefficient (Wildman–Crippen LogP) is 1.12. The third-order valence-electron chi connectivity index (χ3n) is 2.85. The van der Waals surface area contributed by atoms with E-state index in [4.69, 9.17) is 9.26 Å². The number of nitrogens with one attached hydrogen (secondary N) is 1. The van der Waals surface area contributed by atoms with E-state index in [0.29, 0.717) is 11.0 Å². The second-order valence-corrected chi connectivity index (χ2v) is 7.53. The van der Waals surface area contributed by atoms with Gasteiger partial charge in [0.25, 0.3) is 7.82 Å². The molecule has 0 saturated heterocycles. The molecular formula is C15H25N2O6P. The highest BCUT2D eigenvalue weighted by Gasteiger charge is 2.13. The topological polar surface area (TPSA) is 96.9 Å². The van der Waals surface area contributed by atoms with Gasteiger partial charge < -0.3 is 28.5 Å². The monoisotopic (exact) mass is 360 g/mol. The van der Waals surface area contributed by atoms with Crippen molar-refractivity contribution in [1.82, 2.24) is 5.32 Å². The summed E-state index contributed by atoms with van der Waals surface area (Å²) in [5, 5.41) is 2.40. The number of carbonyl (C=O) groups excluding carboxylic acids is 1. The Kier molecular flexibility index (Phi) is 8.38. The van der Waals surface area contributed by atoms with Gasteiger partial charge in [0.1, 0.15) is 19.8 Å². The largest absolute Gasteiger partial charge is 0.756 e. The molecule has 136 valence electrons. The van der Waals surface area contributed by atoms with Gasteiger partial charge in [0.05, 0.1) is 27.7 Å². The van der Waals surface area contributed by atoms with Gasteiger partial charge in [0, 0.05) is 6.54 Å². The van der Waals surface area contributed by atoms with Gasteiger partial charge in [0.15, 0.2) is 0 Å². The Hall–Kier alpha value is -1.44. The summed E-state index contributed by atoms with van der Waals surface area (Å²) in [4.78, 5) is 23.0. The number of carbonyl (C=O) groups is 1.